The molecule has 0 bridgehead atoms. The summed E-state index contributed by atoms with van der Waals surface area (Å²) in [6.45, 7) is 0. The number of benzene rings is 3. The van der Waals surface area contributed by atoms with E-state index in [-0.39, 0.29) is 11.0 Å². The summed E-state index contributed by atoms with van der Waals surface area (Å²) in [6.07, 6.45) is 0. The fourth-order valence-corrected chi connectivity index (χ4v) is 3.12. The maximum atomic E-state index is 12.3. The van der Waals surface area contributed by atoms with E-state index in [0.717, 1.165) is 11.4 Å². The molecule has 2 N–H and O–H groups in total. The number of rotatable bonds is 5. The van der Waals surface area contributed by atoms with Gasteiger partial charge in [0.15, 0.2) is 5.11 Å². The molecule has 0 saturated heterocycles. The minimum absolute atomic E-state index is 0.195. The Morgan fingerprint density at radius 2 is 1.62 bits per heavy atom. The quantitative estimate of drug-likeness (QED) is 0.355. The van der Waals surface area contributed by atoms with E-state index < -0.39 is 0 Å². The van der Waals surface area contributed by atoms with E-state index in [4.69, 9.17) is 17.0 Å². The topological polar surface area (TPSA) is 75.1 Å². The van der Waals surface area contributed by atoms with Gasteiger partial charge in [0.1, 0.15) is 5.75 Å². The van der Waals surface area contributed by atoms with Crippen molar-refractivity contribution in [1.82, 2.24) is 5.32 Å². The van der Waals surface area contributed by atoms with Crippen LogP contribution in [0.2, 0.25) is 0 Å². The Bertz CT molecular complexity index is 1040. The molecule has 0 radical (unpaired) electrons. The number of anilines is 1. The molecule has 29 heavy (non-hydrogen) atoms. The van der Waals surface area contributed by atoms with Gasteiger partial charge in [-0.05, 0) is 82.7 Å². The van der Waals surface area contributed by atoms with Crippen molar-refractivity contribution in [1.29, 1.82) is 0 Å². The number of hydrogen-bond donors (Lipinski definition) is 2. The van der Waals surface area contributed by atoms with Crippen LogP contribution in [0.15, 0.2) is 87.5 Å². The highest BCUT2D eigenvalue weighted by Gasteiger charge is 2.10. The normalized spacial score (nSPS) is 10.6. The molecule has 3 aromatic carbocycles. The molecular formula is C21H17BrN4O2S. The molecule has 0 heterocycles. The van der Waals surface area contributed by atoms with Gasteiger partial charge >= 0.3 is 0 Å². The largest absolute Gasteiger partial charge is 0.496 e. The van der Waals surface area contributed by atoms with E-state index in [1.165, 1.54) is 0 Å². The van der Waals surface area contributed by atoms with Crippen LogP contribution < -0.4 is 15.4 Å². The minimum atomic E-state index is -0.320. The van der Waals surface area contributed by atoms with Gasteiger partial charge in [-0.2, -0.15) is 10.2 Å². The molecule has 3 rings (SSSR count). The monoisotopic (exact) mass is 468 g/mol. The van der Waals surface area contributed by atoms with Gasteiger partial charge in [-0.3, -0.25) is 10.1 Å². The Kier molecular flexibility index (Phi) is 7.04. The number of nitrogens with zero attached hydrogens (tertiary/aromatic N) is 2. The van der Waals surface area contributed by atoms with E-state index in [1.54, 1.807) is 37.4 Å². The van der Waals surface area contributed by atoms with E-state index in [2.05, 4.69) is 36.8 Å². The summed E-state index contributed by atoms with van der Waals surface area (Å²) in [5, 5.41) is 14.2. The van der Waals surface area contributed by atoms with Gasteiger partial charge < -0.3 is 10.1 Å². The number of halogens is 1. The summed E-state index contributed by atoms with van der Waals surface area (Å²) >= 11 is 8.58. The molecule has 0 aromatic heterocycles. The van der Waals surface area contributed by atoms with Crippen molar-refractivity contribution in [2.24, 2.45) is 10.2 Å². The fourth-order valence-electron chi connectivity index (χ4n) is 2.37. The molecule has 6 nitrogen and oxygen atoms in total. The van der Waals surface area contributed by atoms with Gasteiger partial charge in [-0.25, -0.2) is 0 Å². The fraction of sp³-hybridized carbons (Fsp3) is 0.0476. The number of nitrogens with one attached hydrogen (secondary N) is 2. The van der Waals surface area contributed by atoms with Crippen molar-refractivity contribution < 1.29 is 9.53 Å². The number of thiocarbonyl (C=S) groups is 1. The Morgan fingerprint density at radius 3 is 2.24 bits per heavy atom. The van der Waals surface area contributed by atoms with Crippen LogP contribution in [0.5, 0.6) is 5.75 Å². The summed E-state index contributed by atoms with van der Waals surface area (Å²) in [5.41, 5.74) is 2.67. The smallest absolute Gasteiger partial charge is 0.257 e. The average molecular weight is 469 g/mol. The first-order chi connectivity index (χ1) is 14.0. The van der Waals surface area contributed by atoms with Gasteiger partial charge in [0.2, 0.25) is 0 Å². The summed E-state index contributed by atoms with van der Waals surface area (Å²) < 4.78 is 5.85. The molecule has 0 saturated carbocycles. The lowest BCUT2D eigenvalue weighted by atomic mass is 10.2. The summed E-state index contributed by atoms with van der Waals surface area (Å²) in [6, 6.07) is 21.7. The second kappa shape index (κ2) is 9.90. The summed E-state index contributed by atoms with van der Waals surface area (Å²) in [4.78, 5) is 12.3. The van der Waals surface area contributed by atoms with Crippen molar-refractivity contribution >= 4 is 56.2 Å². The van der Waals surface area contributed by atoms with Crippen LogP contribution in [0.3, 0.4) is 0 Å². The number of hydrogen-bond acceptors (Lipinski definition) is 5. The highest BCUT2D eigenvalue weighted by Crippen LogP contribution is 2.25. The number of ether oxygens (including phenoxy) is 1. The molecule has 146 valence electrons. The van der Waals surface area contributed by atoms with Gasteiger partial charge in [0.25, 0.3) is 5.91 Å². The summed E-state index contributed by atoms with van der Waals surface area (Å²) in [5.74, 6) is 0.325. The van der Waals surface area contributed by atoms with Crippen molar-refractivity contribution in [3.8, 4) is 5.75 Å². The number of amides is 1. The van der Waals surface area contributed by atoms with Gasteiger partial charge in [0.05, 0.1) is 23.0 Å². The molecule has 1 amide bonds. The lowest BCUT2D eigenvalue weighted by Gasteiger charge is -2.10. The minimum Gasteiger partial charge on any atom is -0.496 e. The maximum Gasteiger partial charge on any atom is 0.257 e. The zero-order chi connectivity index (χ0) is 20.6. The van der Waals surface area contributed by atoms with Crippen molar-refractivity contribution in [2.45, 2.75) is 0 Å². The number of carbonyl (C=O) groups excluding carboxylic acids is 1. The lowest BCUT2D eigenvalue weighted by molar-refractivity contribution is 0.0977. The van der Waals surface area contributed by atoms with Crippen LogP contribution >= 0.6 is 28.1 Å². The standard InChI is InChI=1S/C21H17BrN4O2S/c1-28-19-12-7-14(13-18(19)22)20(27)24-21(29)23-15-8-10-17(11-9-15)26-25-16-5-3-2-4-6-16/h2-13H,1H3,(H2,23,24,27,29). The molecule has 3 aromatic rings. The maximum absolute atomic E-state index is 12.3. The molecule has 0 unspecified atom stereocenters. The third kappa shape index (κ3) is 5.94. The Labute approximate surface area is 182 Å². The first-order valence-electron chi connectivity index (χ1n) is 8.58. The predicted molar refractivity (Wildman–Crippen MR) is 121 cm³/mol. The van der Waals surface area contributed by atoms with Gasteiger partial charge in [-0.1, -0.05) is 18.2 Å². The SMILES string of the molecule is COc1ccc(C(=O)NC(=S)Nc2ccc(N=Nc3ccccc3)cc2)cc1Br. The van der Waals surface area contributed by atoms with Crippen LogP contribution in [0.1, 0.15) is 10.4 Å². The van der Waals surface area contributed by atoms with Gasteiger partial charge in [-0.15, -0.1) is 0 Å². The highest BCUT2D eigenvalue weighted by molar-refractivity contribution is 9.10. The van der Waals surface area contributed by atoms with Gasteiger partial charge in [0, 0.05) is 11.3 Å². The molecule has 0 aliphatic heterocycles. The predicted octanol–water partition coefficient (Wildman–Crippen LogP) is 6.00. The number of azo groups is 1. The third-order valence-corrected chi connectivity index (χ3v) is 4.63. The van der Waals surface area contributed by atoms with Crippen molar-refractivity contribution in [3.63, 3.8) is 0 Å². The van der Waals surface area contributed by atoms with E-state index >= 15 is 0 Å². The Balaban J connectivity index is 1.57. The Hall–Kier alpha value is -3.10. The molecule has 0 aliphatic rings. The molecule has 0 fully saturated rings. The second-order valence-electron chi connectivity index (χ2n) is 5.84. The first-order valence-corrected chi connectivity index (χ1v) is 9.78. The molecule has 8 heteroatoms. The zero-order valence-electron chi connectivity index (χ0n) is 15.4. The van der Waals surface area contributed by atoms with Crippen LogP contribution in [0.25, 0.3) is 0 Å². The van der Waals surface area contributed by atoms with Crippen LogP contribution in [0.4, 0.5) is 17.1 Å². The molecule has 0 atom stereocenters. The molecular weight excluding hydrogens is 452 g/mol. The third-order valence-electron chi connectivity index (χ3n) is 3.80. The number of methoxy groups -OCH3 is 1. The van der Waals surface area contributed by atoms with E-state index in [0.29, 0.717) is 21.5 Å². The highest BCUT2D eigenvalue weighted by atomic mass is 79.9. The van der Waals surface area contributed by atoms with E-state index in [9.17, 15) is 4.79 Å². The number of carbonyl (C=O) groups is 1. The lowest BCUT2D eigenvalue weighted by Crippen LogP contribution is -2.34. The average Bonchev–Trinajstić information content (AvgIpc) is 2.74. The van der Waals surface area contributed by atoms with Crippen molar-refractivity contribution in [2.75, 3.05) is 12.4 Å². The first kappa shape index (κ1) is 20.6. The second-order valence-corrected chi connectivity index (χ2v) is 7.10. The van der Waals surface area contributed by atoms with E-state index in [1.807, 2.05) is 42.5 Å². The van der Waals surface area contributed by atoms with Crippen LogP contribution in [0, 0.1) is 0 Å². The molecule has 0 spiro atoms. The van der Waals surface area contributed by atoms with Crippen LogP contribution in [-0.4, -0.2) is 18.1 Å². The zero-order valence-corrected chi connectivity index (χ0v) is 17.8. The molecule has 0 aliphatic carbocycles. The Morgan fingerprint density at radius 1 is 0.966 bits per heavy atom. The van der Waals surface area contributed by atoms with Crippen molar-refractivity contribution in [3.05, 3.63) is 82.8 Å². The van der Waals surface area contributed by atoms with Crippen LogP contribution in [-0.2, 0) is 0 Å². The summed E-state index contributed by atoms with van der Waals surface area (Å²) in [7, 11) is 1.56.